The Labute approximate surface area is 63.0 Å². The number of nitrogens with two attached hydrogens (primary N) is 1. The van der Waals surface area contributed by atoms with Crippen LogP contribution in [0, 0.1) is 17.8 Å². The third kappa shape index (κ3) is 0.800. The Balaban J connectivity index is 2.14. The molecule has 2 aliphatic rings. The minimum absolute atomic E-state index is 0.559. The zero-order valence-electron chi connectivity index (χ0n) is 6.72. The van der Waals surface area contributed by atoms with Crippen molar-refractivity contribution in [2.75, 3.05) is 0 Å². The number of hydrogen-bond donors (Lipinski definition) is 1. The van der Waals surface area contributed by atoms with E-state index in [1.807, 2.05) is 0 Å². The van der Waals surface area contributed by atoms with Crippen LogP contribution in [0.1, 0.15) is 32.6 Å². The third-order valence-corrected chi connectivity index (χ3v) is 3.56. The first-order valence-corrected chi connectivity index (χ1v) is 4.54. The van der Waals surface area contributed by atoms with Gasteiger partial charge in [0.05, 0.1) is 0 Å². The number of hydrogen-bond acceptors (Lipinski definition) is 1. The molecule has 0 aromatic heterocycles. The Morgan fingerprint density at radius 1 is 1.30 bits per heavy atom. The van der Waals surface area contributed by atoms with Crippen LogP contribution >= 0.6 is 0 Å². The first-order valence-electron chi connectivity index (χ1n) is 4.54. The van der Waals surface area contributed by atoms with E-state index in [4.69, 9.17) is 5.73 Å². The second-order valence-corrected chi connectivity index (χ2v) is 4.15. The van der Waals surface area contributed by atoms with E-state index in [0.29, 0.717) is 6.04 Å². The quantitative estimate of drug-likeness (QED) is 0.544. The molecule has 2 bridgehead atoms. The Morgan fingerprint density at radius 3 is 2.70 bits per heavy atom. The molecule has 10 heavy (non-hydrogen) atoms. The standard InChI is InChI=1S/C9H17N/c1-6-5-7-3-2-4-8(6)9(7)10/h6-9H,2-5,10H2,1H3/t6-,7+,8-,9+/m1/s1. The van der Waals surface area contributed by atoms with E-state index in [-0.39, 0.29) is 0 Å². The molecule has 1 heteroatoms. The molecule has 0 spiro atoms. The van der Waals surface area contributed by atoms with Crippen molar-refractivity contribution in [1.29, 1.82) is 0 Å². The zero-order valence-corrected chi connectivity index (χ0v) is 6.72. The summed E-state index contributed by atoms with van der Waals surface area (Å²) in [7, 11) is 0. The van der Waals surface area contributed by atoms with Gasteiger partial charge in [-0.05, 0) is 37.0 Å². The number of fused-ring (bicyclic) bond motifs is 2. The van der Waals surface area contributed by atoms with Crippen LogP contribution in [-0.2, 0) is 0 Å². The average Bonchev–Trinajstić information content (AvgIpc) is 2.16. The van der Waals surface area contributed by atoms with Gasteiger partial charge in [-0.3, -0.25) is 0 Å². The van der Waals surface area contributed by atoms with Crippen molar-refractivity contribution in [3.63, 3.8) is 0 Å². The lowest BCUT2D eigenvalue weighted by molar-refractivity contribution is 0.285. The topological polar surface area (TPSA) is 26.0 Å². The van der Waals surface area contributed by atoms with Gasteiger partial charge in [0.25, 0.3) is 0 Å². The average molecular weight is 139 g/mol. The van der Waals surface area contributed by atoms with Crippen LogP contribution in [0.25, 0.3) is 0 Å². The second-order valence-electron chi connectivity index (χ2n) is 4.15. The lowest BCUT2D eigenvalue weighted by Gasteiger charge is -2.27. The highest BCUT2D eigenvalue weighted by atomic mass is 14.7. The fraction of sp³-hybridized carbons (Fsp3) is 1.00. The van der Waals surface area contributed by atoms with Gasteiger partial charge in [0.2, 0.25) is 0 Å². The predicted molar refractivity (Wildman–Crippen MR) is 42.6 cm³/mol. The Morgan fingerprint density at radius 2 is 2.10 bits per heavy atom. The molecule has 4 atom stereocenters. The van der Waals surface area contributed by atoms with Crippen LogP contribution in [0.5, 0.6) is 0 Å². The van der Waals surface area contributed by atoms with E-state index in [1.165, 1.54) is 25.7 Å². The van der Waals surface area contributed by atoms with Gasteiger partial charge < -0.3 is 5.73 Å². The largest absolute Gasteiger partial charge is 0.327 e. The van der Waals surface area contributed by atoms with Crippen molar-refractivity contribution in [3.05, 3.63) is 0 Å². The molecule has 2 saturated carbocycles. The summed E-state index contributed by atoms with van der Waals surface area (Å²) >= 11 is 0. The summed E-state index contributed by atoms with van der Waals surface area (Å²) in [6.45, 7) is 2.37. The molecule has 58 valence electrons. The summed E-state index contributed by atoms with van der Waals surface area (Å²) < 4.78 is 0. The lowest BCUT2D eigenvalue weighted by atomic mass is 9.83. The van der Waals surface area contributed by atoms with Crippen molar-refractivity contribution >= 4 is 0 Å². The molecule has 2 fully saturated rings. The maximum absolute atomic E-state index is 6.07. The van der Waals surface area contributed by atoms with Gasteiger partial charge in [-0.2, -0.15) is 0 Å². The minimum atomic E-state index is 0.559. The van der Waals surface area contributed by atoms with Gasteiger partial charge in [-0.25, -0.2) is 0 Å². The molecule has 0 unspecified atom stereocenters. The van der Waals surface area contributed by atoms with Gasteiger partial charge in [-0.15, -0.1) is 0 Å². The first kappa shape index (κ1) is 6.66. The summed E-state index contributed by atoms with van der Waals surface area (Å²) in [6.07, 6.45) is 5.65. The highest BCUT2D eigenvalue weighted by molar-refractivity contribution is 4.94. The van der Waals surface area contributed by atoms with Gasteiger partial charge in [0, 0.05) is 6.04 Å². The normalized spacial score (nSPS) is 53.4. The van der Waals surface area contributed by atoms with Gasteiger partial charge in [-0.1, -0.05) is 13.3 Å². The summed E-state index contributed by atoms with van der Waals surface area (Å²) in [5.74, 6) is 2.68. The van der Waals surface area contributed by atoms with Crippen LogP contribution in [0.3, 0.4) is 0 Å². The maximum Gasteiger partial charge on any atom is 0.00982 e. The Hall–Kier alpha value is -0.0400. The first-order chi connectivity index (χ1) is 4.79. The molecule has 2 aliphatic carbocycles. The highest BCUT2D eigenvalue weighted by Gasteiger charge is 2.40. The van der Waals surface area contributed by atoms with Gasteiger partial charge in [0.1, 0.15) is 0 Å². The molecular formula is C9H17N. The molecule has 0 amide bonds. The van der Waals surface area contributed by atoms with Crippen molar-refractivity contribution in [3.8, 4) is 0 Å². The van der Waals surface area contributed by atoms with Crippen LogP contribution in [0.2, 0.25) is 0 Å². The lowest BCUT2D eigenvalue weighted by Crippen LogP contribution is -2.35. The molecule has 0 aliphatic heterocycles. The van der Waals surface area contributed by atoms with Crippen molar-refractivity contribution in [1.82, 2.24) is 0 Å². The third-order valence-electron chi connectivity index (χ3n) is 3.56. The van der Waals surface area contributed by atoms with Crippen LogP contribution in [0.4, 0.5) is 0 Å². The van der Waals surface area contributed by atoms with Crippen molar-refractivity contribution in [2.24, 2.45) is 23.5 Å². The molecule has 0 radical (unpaired) electrons. The summed E-state index contributed by atoms with van der Waals surface area (Å²) in [5.41, 5.74) is 6.07. The highest BCUT2D eigenvalue weighted by Crippen LogP contribution is 2.44. The Bertz CT molecular complexity index is 133. The molecular weight excluding hydrogens is 122 g/mol. The second kappa shape index (κ2) is 2.23. The maximum atomic E-state index is 6.07. The summed E-state index contributed by atoms with van der Waals surface area (Å²) in [6, 6.07) is 0.559. The fourth-order valence-electron chi connectivity index (χ4n) is 2.94. The summed E-state index contributed by atoms with van der Waals surface area (Å²) in [4.78, 5) is 0. The van der Waals surface area contributed by atoms with E-state index >= 15 is 0 Å². The molecule has 0 aromatic carbocycles. The molecule has 1 nitrogen and oxygen atoms in total. The number of rotatable bonds is 0. The van der Waals surface area contributed by atoms with Gasteiger partial charge in [0.15, 0.2) is 0 Å². The monoisotopic (exact) mass is 139 g/mol. The van der Waals surface area contributed by atoms with E-state index in [0.717, 1.165) is 17.8 Å². The molecule has 0 heterocycles. The van der Waals surface area contributed by atoms with Crippen LogP contribution < -0.4 is 5.73 Å². The summed E-state index contributed by atoms with van der Waals surface area (Å²) in [5, 5.41) is 0. The van der Waals surface area contributed by atoms with Crippen LogP contribution in [-0.4, -0.2) is 6.04 Å². The van der Waals surface area contributed by atoms with Crippen molar-refractivity contribution < 1.29 is 0 Å². The van der Waals surface area contributed by atoms with E-state index in [9.17, 15) is 0 Å². The molecule has 0 aromatic rings. The predicted octanol–water partition coefficient (Wildman–Crippen LogP) is 1.77. The molecule has 0 saturated heterocycles. The molecule has 2 N–H and O–H groups in total. The fourth-order valence-corrected chi connectivity index (χ4v) is 2.94. The SMILES string of the molecule is C[C@@H]1C[C@@H]2CCC[C@H]1[C@H]2N. The van der Waals surface area contributed by atoms with E-state index in [1.54, 1.807) is 0 Å². The van der Waals surface area contributed by atoms with Crippen molar-refractivity contribution in [2.45, 2.75) is 38.6 Å². The van der Waals surface area contributed by atoms with E-state index < -0.39 is 0 Å². The smallest absolute Gasteiger partial charge is 0.00982 e. The molecule has 2 rings (SSSR count). The minimum Gasteiger partial charge on any atom is -0.327 e. The van der Waals surface area contributed by atoms with Crippen LogP contribution in [0.15, 0.2) is 0 Å². The van der Waals surface area contributed by atoms with E-state index in [2.05, 4.69) is 6.92 Å². The zero-order chi connectivity index (χ0) is 7.14. The van der Waals surface area contributed by atoms with Gasteiger partial charge >= 0.3 is 0 Å². The Kier molecular flexibility index (Phi) is 1.48.